The van der Waals surface area contributed by atoms with E-state index < -0.39 is 0 Å². The molecule has 86 valence electrons. The Hall–Kier alpha value is -0.870. The van der Waals surface area contributed by atoms with Gasteiger partial charge in [0.05, 0.1) is 12.2 Å². The normalized spacial score (nSPS) is 11.2. The molecular formula is C11H21N3O. The monoisotopic (exact) mass is 211 g/mol. The topological polar surface area (TPSA) is 50.1 Å². The second kappa shape index (κ2) is 6.58. The molecule has 0 atom stereocenters. The smallest absolute Gasteiger partial charge is 0.150 e. The van der Waals surface area contributed by atoms with Gasteiger partial charge in [-0.05, 0) is 19.4 Å². The van der Waals surface area contributed by atoms with Crippen LogP contribution < -0.4 is 10.6 Å². The van der Waals surface area contributed by atoms with Crippen LogP contribution in [-0.4, -0.2) is 24.8 Å². The fourth-order valence-electron chi connectivity index (χ4n) is 1.28. The van der Waals surface area contributed by atoms with Gasteiger partial charge in [0.15, 0.2) is 5.76 Å². The molecule has 4 heteroatoms. The number of nitrogens with zero attached hydrogens (tertiary/aromatic N) is 1. The van der Waals surface area contributed by atoms with Crippen LogP contribution in [0.4, 0.5) is 0 Å². The Labute approximate surface area is 91.4 Å². The summed E-state index contributed by atoms with van der Waals surface area (Å²) in [6, 6.07) is 1.95. The predicted molar refractivity (Wildman–Crippen MR) is 60.7 cm³/mol. The molecule has 0 bridgehead atoms. The minimum Gasteiger partial charge on any atom is -0.360 e. The number of aryl methyl sites for hydroxylation is 1. The van der Waals surface area contributed by atoms with Crippen molar-refractivity contribution in [1.82, 2.24) is 15.8 Å². The third kappa shape index (κ3) is 5.54. The van der Waals surface area contributed by atoms with Crippen LogP contribution in [0.1, 0.15) is 25.3 Å². The SMILES string of the molecule is Cc1cc(CNCCNCC(C)C)on1. The molecule has 0 aliphatic heterocycles. The Kier molecular flexibility index (Phi) is 5.36. The van der Waals surface area contributed by atoms with E-state index in [4.69, 9.17) is 4.52 Å². The molecule has 0 aliphatic rings. The van der Waals surface area contributed by atoms with Gasteiger partial charge in [-0.2, -0.15) is 0 Å². The lowest BCUT2D eigenvalue weighted by molar-refractivity contribution is 0.369. The van der Waals surface area contributed by atoms with E-state index >= 15 is 0 Å². The van der Waals surface area contributed by atoms with E-state index in [0.717, 1.165) is 37.6 Å². The lowest BCUT2D eigenvalue weighted by atomic mass is 10.2. The van der Waals surface area contributed by atoms with E-state index in [-0.39, 0.29) is 0 Å². The molecule has 0 aliphatic carbocycles. The molecule has 0 unspecified atom stereocenters. The minimum atomic E-state index is 0.710. The number of aromatic nitrogens is 1. The van der Waals surface area contributed by atoms with Crippen LogP contribution in [0.2, 0.25) is 0 Å². The van der Waals surface area contributed by atoms with Crippen LogP contribution in [0, 0.1) is 12.8 Å². The maximum atomic E-state index is 5.08. The van der Waals surface area contributed by atoms with Crippen LogP contribution in [0.5, 0.6) is 0 Å². The zero-order valence-electron chi connectivity index (χ0n) is 9.84. The fraction of sp³-hybridized carbons (Fsp3) is 0.727. The fourth-order valence-corrected chi connectivity index (χ4v) is 1.28. The van der Waals surface area contributed by atoms with Gasteiger partial charge in [-0.25, -0.2) is 0 Å². The third-order valence-electron chi connectivity index (χ3n) is 2.01. The summed E-state index contributed by atoms with van der Waals surface area (Å²) in [5, 5.41) is 10.5. The van der Waals surface area contributed by atoms with Gasteiger partial charge in [0, 0.05) is 19.2 Å². The van der Waals surface area contributed by atoms with Crippen molar-refractivity contribution in [2.45, 2.75) is 27.3 Å². The molecule has 15 heavy (non-hydrogen) atoms. The Morgan fingerprint density at radius 2 is 2.07 bits per heavy atom. The first kappa shape index (κ1) is 12.2. The van der Waals surface area contributed by atoms with Crippen molar-refractivity contribution < 1.29 is 4.52 Å². The van der Waals surface area contributed by atoms with E-state index in [1.807, 2.05) is 13.0 Å². The van der Waals surface area contributed by atoms with E-state index in [1.165, 1.54) is 0 Å². The molecule has 0 spiro atoms. The molecular weight excluding hydrogens is 190 g/mol. The van der Waals surface area contributed by atoms with Crippen LogP contribution in [-0.2, 0) is 6.54 Å². The molecule has 4 nitrogen and oxygen atoms in total. The first-order valence-electron chi connectivity index (χ1n) is 5.52. The van der Waals surface area contributed by atoms with Crippen LogP contribution >= 0.6 is 0 Å². The zero-order chi connectivity index (χ0) is 11.1. The van der Waals surface area contributed by atoms with Gasteiger partial charge >= 0.3 is 0 Å². The van der Waals surface area contributed by atoms with Crippen LogP contribution in [0.25, 0.3) is 0 Å². The summed E-state index contributed by atoms with van der Waals surface area (Å²) >= 11 is 0. The molecule has 1 heterocycles. The van der Waals surface area contributed by atoms with Crippen molar-refractivity contribution in [1.29, 1.82) is 0 Å². The lowest BCUT2D eigenvalue weighted by Crippen LogP contribution is -2.29. The first-order valence-corrected chi connectivity index (χ1v) is 5.52. The van der Waals surface area contributed by atoms with Gasteiger partial charge in [0.2, 0.25) is 0 Å². The quantitative estimate of drug-likeness (QED) is 0.668. The summed E-state index contributed by atoms with van der Waals surface area (Å²) in [6.07, 6.45) is 0. The predicted octanol–water partition coefficient (Wildman–Crippen LogP) is 1.32. The molecule has 1 aromatic rings. The van der Waals surface area contributed by atoms with Gasteiger partial charge < -0.3 is 15.2 Å². The maximum absolute atomic E-state index is 5.08. The molecule has 1 aromatic heterocycles. The number of hydrogen-bond donors (Lipinski definition) is 2. The molecule has 0 aromatic carbocycles. The molecule has 0 saturated carbocycles. The van der Waals surface area contributed by atoms with Crippen LogP contribution in [0.15, 0.2) is 10.6 Å². The maximum Gasteiger partial charge on any atom is 0.150 e. The highest BCUT2D eigenvalue weighted by atomic mass is 16.5. The molecule has 0 radical (unpaired) electrons. The van der Waals surface area contributed by atoms with E-state index in [0.29, 0.717) is 5.92 Å². The van der Waals surface area contributed by atoms with E-state index in [9.17, 15) is 0 Å². The molecule has 0 amide bonds. The summed E-state index contributed by atoms with van der Waals surface area (Å²) in [6.45, 7) is 10.1. The van der Waals surface area contributed by atoms with Gasteiger partial charge in [-0.15, -0.1) is 0 Å². The van der Waals surface area contributed by atoms with Gasteiger partial charge in [0.25, 0.3) is 0 Å². The van der Waals surface area contributed by atoms with Gasteiger partial charge in [-0.3, -0.25) is 0 Å². The second-order valence-electron chi connectivity index (χ2n) is 4.21. The van der Waals surface area contributed by atoms with Gasteiger partial charge in [-0.1, -0.05) is 19.0 Å². The summed E-state index contributed by atoms with van der Waals surface area (Å²) in [4.78, 5) is 0. The van der Waals surface area contributed by atoms with Crippen molar-refractivity contribution in [3.8, 4) is 0 Å². The Balaban J connectivity index is 1.98. The third-order valence-corrected chi connectivity index (χ3v) is 2.01. The number of hydrogen-bond acceptors (Lipinski definition) is 4. The van der Waals surface area contributed by atoms with E-state index in [1.54, 1.807) is 0 Å². The summed E-state index contributed by atoms with van der Waals surface area (Å²) in [5.74, 6) is 1.61. The highest BCUT2D eigenvalue weighted by Gasteiger charge is 1.98. The molecule has 1 rings (SSSR count). The Morgan fingerprint density at radius 1 is 1.33 bits per heavy atom. The summed E-state index contributed by atoms with van der Waals surface area (Å²) < 4.78 is 5.08. The highest BCUT2D eigenvalue weighted by Crippen LogP contribution is 2.00. The Bertz CT molecular complexity index is 271. The standard InChI is InChI=1S/C11H21N3O/c1-9(2)7-12-4-5-13-8-11-6-10(3)14-15-11/h6,9,12-13H,4-5,7-8H2,1-3H3. The second-order valence-corrected chi connectivity index (χ2v) is 4.21. The van der Waals surface area contributed by atoms with Crippen molar-refractivity contribution in [3.63, 3.8) is 0 Å². The number of rotatable bonds is 7. The average molecular weight is 211 g/mol. The molecule has 2 N–H and O–H groups in total. The highest BCUT2D eigenvalue weighted by molar-refractivity contribution is 5.02. The van der Waals surface area contributed by atoms with Crippen molar-refractivity contribution in [2.75, 3.05) is 19.6 Å². The summed E-state index contributed by atoms with van der Waals surface area (Å²) in [7, 11) is 0. The average Bonchev–Trinajstić information content (AvgIpc) is 2.57. The van der Waals surface area contributed by atoms with Crippen molar-refractivity contribution in [2.24, 2.45) is 5.92 Å². The Morgan fingerprint density at radius 3 is 2.67 bits per heavy atom. The van der Waals surface area contributed by atoms with Crippen molar-refractivity contribution in [3.05, 3.63) is 17.5 Å². The van der Waals surface area contributed by atoms with E-state index in [2.05, 4.69) is 29.6 Å². The van der Waals surface area contributed by atoms with Crippen molar-refractivity contribution >= 4 is 0 Å². The number of nitrogens with one attached hydrogen (secondary N) is 2. The zero-order valence-corrected chi connectivity index (χ0v) is 9.84. The molecule has 0 saturated heterocycles. The first-order chi connectivity index (χ1) is 7.18. The van der Waals surface area contributed by atoms with Gasteiger partial charge in [0.1, 0.15) is 0 Å². The molecule has 0 fully saturated rings. The largest absolute Gasteiger partial charge is 0.360 e. The summed E-state index contributed by atoms with van der Waals surface area (Å²) in [5.41, 5.74) is 0.935. The minimum absolute atomic E-state index is 0.710. The lowest BCUT2D eigenvalue weighted by Gasteiger charge is -2.07. The van der Waals surface area contributed by atoms with Crippen LogP contribution in [0.3, 0.4) is 0 Å².